The molecule has 0 spiro atoms. The van der Waals surface area contributed by atoms with Crippen LogP contribution in [0.4, 0.5) is 10.2 Å². The van der Waals surface area contributed by atoms with E-state index in [1.165, 1.54) is 36.8 Å². The van der Waals surface area contributed by atoms with E-state index >= 15 is 0 Å². The van der Waals surface area contributed by atoms with Gasteiger partial charge in [-0.1, -0.05) is 44.5 Å². The maximum Gasteiger partial charge on any atom is 0.312 e. The first-order chi connectivity index (χ1) is 16.0. The number of aromatic nitrogens is 4. The number of aryl methyl sites for hydroxylation is 1. The van der Waals surface area contributed by atoms with E-state index in [-0.39, 0.29) is 5.82 Å². The highest BCUT2D eigenvalue weighted by molar-refractivity contribution is 7.99. The number of nitrogens with zero attached hydrogens (tertiary/aromatic N) is 4. The summed E-state index contributed by atoms with van der Waals surface area (Å²) in [7, 11) is 0. The third-order valence-corrected chi connectivity index (χ3v) is 7.56. The summed E-state index contributed by atoms with van der Waals surface area (Å²) in [4.78, 5) is 13.7. The summed E-state index contributed by atoms with van der Waals surface area (Å²) < 4.78 is 21.9. The van der Waals surface area contributed by atoms with Gasteiger partial charge < -0.3 is 20.4 Å². The van der Waals surface area contributed by atoms with Crippen LogP contribution in [0.3, 0.4) is 0 Å². The van der Waals surface area contributed by atoms with Gasteiger partial charge in [0.15, 0.2) is 22.1 Å². The lowest BCUT2D eigenvalue weighted by atomic mass is 9.95. The number of hydrogen-bond donors (Lipinski definition) is 2. The number of nitrogen functional groups attached to an aromatic ring is 1. The van der Waals surface area contributed by atoms with Gasteiger partial charge in [-0.25, -0.2) is 4.98 Å². The second-order valence-corrected chi connectivity index (χ2v) is 10.2. The van der Waals surface area contributed by atoms with Crippen LogP contribution in [-0.4, -0.2) is 38.7 Å². The number of rotatable bonds is 8. The molecular formula is C24H31FN6OS. The first-order valence-corrected chi connectivity index (χ1v) is 12.7. The van der Waals surface area contributed by atoms with Crippen LogP contribution < -0.4 is 15.8 Å². The molecule has 3 heterocycles. The van der Waals surface area contributed by atoms with Gasteiger partial charge in [-0.2, -0.15) is 14.4 Å². The summed E-state index contributed by atoms with van der Waals surface area (Å²) in [6.07, 6.45) is 5.99. The molecule has 1 aliphatic heterocycles. The van der Waals surface area contributed by atoms with Crippen molar-refractivity contribution in [3.63, 3.8) is 0 Å². The molecule has 2 aliphatic rings. The van der Waals surface area contributed by atoms with E-state index in [0.29, 0.717) is 29.7 Å². The SMILES string of the molecule is CC(C)NCCCn1c(Sc2cc3c(cc2C2CCCC2)CCO3)nc2c(N)nc(F)nc21. The average Bonchev–Trinajstić information content (AvgIpc) is 3.51. The van der Waals surface area contributed by atoms with Crippen LogP contribution in [0.2, 0.25) is 0 Å². The highest BCUT2D eigenvalue weighted by Gasteiger charge is 2.26. The Morgan fingerprint density at radius 2 is 2.06 bits per heavy atom. The van der Waals surface area contributed by atoms with Gasteiger partial charge in [0.2, 0.25) is 0 Å². The first kappa shape index (κ1) is 22.4. The van der Waals surface area contributed by atoms with Gasteiger partial charge in [-0.3, -0.25) is 0 Å². The molecule has 7 nitrogen and oxygen atoms in total. The Hall–Kier alpha value is -2.39. The zero-order valence-corrected chi connectivity index (χ0v) is 20.1. The van der Waals surface area contributed by atoms with Crippen LogP contribution in [0.25, 0.3) is 11.2 Å². The second kappa shape index (κ2) is 9.46. The molecule has 5 rings (SSSR count). The summed E-state index contributed by atoms with van der Waals surface area (Å²) in [6.45, 7) is 6.49. The summed E-state index contributed by atoms with van der Waals surface area (Å²) in [6, 6.07) is 4.92. The number of nitrogens with two attached hydrogens (primary N) is 1. The summed E-state index contributed by atoms with van der Waals surface area (Å²) >= 11 is 1.60. The van der Waals surface area contributed by atoms with Crippen molar-refractivity contribution in [2.45, 2.75) is 80.9 Å². The Bertz CT molecular complexity index is 1160. The predicted octanol–water partition coefficient (Wildman–Crippen LogP) is 4.68. The Kier molecular flexibility index (Phi) is 6.42. The highest BCUT2D eigenvalue weighted by atomic mass is 32.2. The van der Waals surface area contributed by atoms with E-state index < -0.39 is 6.08 Å². The molecule has 0 bridgehead atoms. The molecule has 0 atom stereocenters. The minimum Gasteiger partial charge on any atom is -0.493 e. The molecule has 2 aromatic heterocycles. The van der Waals surface area contributed by atoms with E-state index in [1.54, 1.807) is 11.8 Å². The predicted molar refractivity (Wildman–Crippen MR) is 128 cm³/mol. The van der Waals surface area contributed by atoms with Crippen LogP contribution in [0.5, 0.6) is 5.75 Å². The third kappa shape index (κ3) is 4.66. The van der Waals surface area contributed by atoms with Crippen LogP contribution >= 0.6 is 11.8 Å². The van der Waals surface area contributed by atoms with Crippen molar-refractivity contribution >= 4 is 28.7 Å². The largest absolute Gasteiger partial charge is 0.493 e. The standard InChI is InChI=1S/C24H31FN6OS/c1-14(2)27-9-5-10-31-22-20(21(26)29-23(25)30-22)28-24(31)33-19-13-18-16(8-11-32-18)12-17(19)15-6-3-4-7-15/h12-15,27H,3-11H2,1-2H3,(H2,26,29,30). The van der Waals surface area contributed by atoms with E-state index in [9.17, 15) is 4.39 Å². The number of anilines is 1. The molecule has 1 aliphatic carbocycles. The zero-order chi connectivity index (χ0) is 22.9. The first-order valence-electron chi connectivity index (χ1n) is 11.9. The fourth-order valence-electron chi connectivity index (χ4n) is 4.85. The fourth-order valence-corrected chi connectivity index (χ4v) is 5.98. The third-order valence-electron chi connectivity index (χ3n) is 6.49. The number of imidazole rings is 1. The van der Waals surface area contributed by atoms with Gasteiger partial charge >= 0.3 is 6.08 Å². The van der Waals surface area contributed by atoms with E-state index in [2.05, 4.69) is 41.3 Å². The topological polar surface area (TPSA) is 90.9 Å². The monoisotopic (exact) mass is 470 g/mol. The number of halogens is 1. The highest BCUT2D eigenvalue weighted by Crippen LogP contribution is 2.45. The Morgan fingerprint density at radius 3 is 2.85 bits per heavy atom. The Balaban J connectivity index is 1.53. The number of hydrogen-bond acceptors (Lipinski definition) is 7. The van der Waals surface area contributed by atoms with Gasteiger partial charge in [0.25, 0.3) is 0 Å². The molecule has 0 amide bonds. The normalized spacial score (nSPS) is 16.1. The fraction of sp³-hybridized carbons (Fsp3) is 0.542. The van der Waals surface area contributed by atoms with Crippen molar-refractivity contribution in [3.05, 3.63) is 29.3 Å². The van der Waals surface area contributed by atoms with Gasteiger partial charge in [0, 0.05) is 23.9 Å². The second-order valence-electron chi connectivity index (χ2n) is 9.24. The lowest BCUT2D eigenvalue weighted by molar-refractivity contribution is 0.356. The molecular weight excluding hydrogens is 439 g/mol. The lowest BCUT2D eigenvalue weighted by Gasteiger charge is -2.17. The number of ether oxygens (including phenoxy) is 1. The molecule has 9 heteroatoms. The smallest absolute Gasteiger partial charge is 0.312 e. The molecule has 176 valence electrons. The Labute approximate surface area is 197 Å². The lowest BCUT2D eigenvalue weighted by Crippen LogP contribution is -2.24. The Morgan fingerprint density at radius 1 is 1.24 bits per heavy atom. The maximum atomic E-state index is 14.0. The van der Waals surface area contributed by atoms with Crippen LogP contribution in [0.1, 0.15) is 63.0 Å². The number of fused-ring (bicyclic) bond motifs is 2. The minimum absolute atomic E-state index is 0.0757. The van der Waals surface area contributed by atoms with Crippen molar-refractivity contribution < 1.29 is 9.13 Å². The molecule has 33 heavy (non-hydrogen) atoms. The van der Waals surface area contributed by atoms with Gasteiger partial charge in [0.05, 0.1) is 6.61 Å². The van der Waals surface area contributed by atoms with Crippen molar-refractivity contribution in [2.24, 2.45) is 0 Å². The van der Waals surface area contributed by atoms with Crippen LogP contribution in [0, 0.1) is 6.08 Å². The van der Waals surface area contributed by atoms with Gasteiger partial charge in [-0.05, 0) is 48.9 Å². The minimum atomic E-state index is -0.824. The molecule has 1 saturated carbocycles. The van der Waals surface area contributed by atoms with E-state index in [4.69, 9.17) is 15.5 Å². The van der Waals surface area contributed by atoms with E-state index in [0.717, 1.165) is 41.8 Å². The summed E-state index contributed by atoms with van der Waals surface area (Å²) in [5, 5.41) is 4.20. The molecule has 0 unspecified atom stereocenters. The maximum absolute atomic E-state index is 14.0. The molecule has 1 fully saturated rings. The quantitative estimate of drug-likeness (QED) is 0.365. The summed E-state index contributed by atoms with van der Waals surface area (Å²) in [5.41, 5.74) is 9.61. The zero-order valence-electron chi connectivity index (χ0n) is 19.2. The van der Waals surface area contributed by atoms with Crippen molar-refractivity contribution in [1.29, 1.82) is 0 Å². The van der Waals surface area contributed by atoms with Crippen molar-refractivity contribution in [1.82, 2.24) is 24.8 Å². The van der Waals surface area contributed by atoms with Gasteiger partial charge in [0.1, 0.15) is 5.75 Å². The molecule has 3 N–H and O–H groups in total. The van der Waals surface area contributed by atoms with Crippen LogP contribution in [-0.2, 0) is 13.0 Å². The van der Waals surface area contributed by atoms with Crippen molar-refractivity contribution in [2.75, 3.05) is 18.9 Å². The molecule has 0 saturated heterocycles. The molecule has 0 radical (unpaired) electrons. The molecule has 3 aromatic rings. The van der Waals surface area contributed by atoms with Crippen LogP contribution in [0.15, 0.2) is 22.2 Å². The van der Waals surface area contributed by atoms with Crippen molar-refractivity contribution in [3.8, 4) is 5.75 Å². The molecule has 1 aromatic carbocycles. The average molecular weight is 471 g/mol. The summed E-state index contributed by atoms with van der Waals surface area (Å²) in [5.74, 6) is 1.61. The van der Waals surface area contributed by atoms with E-state index in [1.807, 2.05) is 4.57 Å². The number of benzene rings is 1. The van der Waals surface area contributed by atoms with Gasteiger partial charge in [-0.15, -0.1) is 0 Å². The number of nitrogens with one attached hydrogen (secondary N) is 1.